The molecule has 0 unspecified atom stereocenters. The van der Waals surface area contributed by atoms with E-state index < -0.39 is 11.0 Å². The number of benzene rings is 2. The summed E-state index contributed by atoms with van der Waals surface area (Å²) in [7, 11) is 0. The molecule has 0 aliphatic heterocycles. The first-order valence-corrected chi connectivity index (χ1v) is 6.08. The van der Waals surface area contributed by atoms with E-state index in [1.165, 1.54) is 0 Å². The van der Waals surface area contributed by atoms with E-state index in [4.69, 9.17) is 6.42 Å². The molecule has 0 fully saturated rings. The highest BCUT2D eigenvalue weighted by molar-refractivity contribution is 5.83. The number of hydrogen-bond acceptors (Lipinski definition) is 1. The summed E-state index contributed by atoms with van der Waals surface area (Å²) >= 11 is 0. The quantitative estimate of drug-likeness (QED) is 0.751. The van der Waals surface area contributed by atoms with Crippen LogP contribution in [0, 0.1) is 17.8 Å². The zero-order valence-corrected chi connectivity index (χ0v) is 11.1. The fourth-order valence-corrected chi connectivity index (χ4v) is 2.15. The Kier molecular flexibility index (Phi) is 2.92. The van der Waals surface area contributed by atoms with Crippen LogP contribution in [0.4, 0.5) is 0 Å². The van der Waals surface area contributed by atoms with Crippen molar-refractivity contribution in [1.82, 2.24) is 0 Å². The molecule has 0 radical (unpaired) electrons. The third kappa shape index (κ3) is 1.89. The van der Waals surface area contributed by atoms with Gasteiger partial charge in [0.15, 0.2) is 5.60 Å². The lowest BCUT2D eigenvalue weighted by Crippen LogP contribution is -2.38. The summed E-state index contributed by atoms with van der Waals surface area (Å²) in [4.78, 5) is 0. The Morgan fingerprint density at radius 3 is 2.17 bits per heavy atom. The average Bonchev–Trinajstić information content (AvgIpc) is 2.35. The maximum Gasteiger partial charge on any atom is 0.155 e. The minimum absolute atomic E-state index is 0.412. The van der Waals surface area contributed by atoms with E-state index in [-0.39, 0.29) is 0 Å². The predicted molar refractivity (Wildman–Crippen MR) is 76.1 cm³/mol. The molecule has 0 aliphatic carbocycles. The molecule has 0 spiro atoms. The maximum atomic E-state index is 10.8. The highest BCUT2D eigenvalue weighted by atomic mass is 16.3. The number of fused-ring (bicyclic) bond motifs is 1. The predicted octanol–water partition coefficient (Wildman–Crippen LogP) is 3.71. The normalized spacial score (nSPS) is 15.1. The van der Waals surface area contributed by atoms with Crippen molar-refractivity contribution in [1.29, 1.82) is 0 Å². The molecule has 0 saturated carbocycles. The number of terminal acetylenes is 1. The summed E-state index contributed by atoms with van der Waals surface area (Å²) in [6, 6.07) is 13.9. The molecule has 18 heavy (non-hydrogen) atoms. The van der Waals surface area contributed by atoms with E-state index in [1.54, 1.807) is 0 Å². The van der Waals surface area contributed by atoms with Crippen LogP contribution in [0.1, 0.15) is 26.3 Å². The van der Waals surface area contributed by atoms with Gasteiger partial charge in [-0.05, 0) is 22.4 Å². The van der Waals surface area contributed by atoms with E-state index in [2.05, 4.69) is 5.92 Å². The van der Waals surface area contributed by atoms with Gasteiger partial charge in [-0.15, -0.1) is 6.42 Å². The van der Waals surface area contributed by atoms with Crippen LogP contribution >= 0.6 is 0 Å². The van der Waals surface area contributed by atoms with Gasteiger partial charge in [-0.2, -0.15) is 0 Å². The van der Waals surface area contributed by atoms with Crippen LogP contribution in [-0.2, 0) is 5.60 Å². The van der Waals surface area contributed by atoms with Crippen molar-refractivity contribution in [3.8, 4) is 12.3 Å². The smallest absolute Gasteiger partial charge is 0.155 e. The summed E-state index contributed by atoms with van der Waals surface area (Å²) in [5, 5.41) is 13.0. The fourth-order valence-electron chi connectivity index (χ4n) is 2.15. The van der Waals surface area contributed by atoms with Crippen molar-refractivity contribution in [2.75, 3.05) is 0 Å². The summed E-state index contributed by atoms with van der Waals surface area (Å²) in [5.74, 6) is 2.55. The summed E-state index contributed by atoms with van der Waals surface area (Å²) < 4.78 is 0. The zero-order valence-electron chi connectivity index (χ0n) is 11.1. The van der Waals surface area contributed by atoms with Gasteiger partial charge >= 0.3 is 0 Å². The first kappa shape index (κ1) is 12.7. The minimum atomic E-state index is -1.25. The number of hydrogen-bond donors (Lipinski definition) is 1. The van der Waals surface area contributed by atoms with Crippen molar-refractivity contribution < 1.29 is 5.11 Å². The standard InChI is InChI=1S/C17H18O/c1-5-17(18,16(2,3)4)15-11-10-13-8-6-7-9-14(13)12-15/h1,6-12,18H,2-4H3/t17-/m1/s1. The molecule has 1 heteroatoms. The monoisotopic (exact) mass is 238 g/mol. The van der Waals surface area contributed by atoms with Gasteiger partial charge in [-0.25, -0.2) is 0 Å². The topological polar surface area (TPSA) is 20.2 Å². The minimum Gasteiger partial charge on any atom is -0.373 e. The molecule has 0 aliphatic rings. The Morgan fingerprint density at radius 1 is 1.00 bits per heavy atom. The van der Waals surface area contributed by atoms with Crippen LogP contribution in [0.3, 0.4) is 0 Å². The first-order valence-electron chi connectivity index (χ1n) is 6.08. The lowest BCUT2D eigenvalue weighted by Gasteiger charge is -2.36. The summed E-state index contributed by atoms with van der Waals surface area (Å²) in [6.07, 6.45) is 5.57. The molecule has 2 aromatic rings. The molecule has 2 rings (SSSR count). The van der Waals surface area contributed by atoms with Crippen LogP contribution < -0.4 is 0 Å². The van der Waals surface area contributed by atoms with E-state index in [1.807, 2.05) is 63.2 Å². The maximum absolute atomic E-state index is 10.8. The SMILES string of the molecule is C#C[C@@](O)(c1ccc2ccccc2c1)C(C)(C)C. The van der Waals surface area contributed by atoms with Crippen LogP contribution in [-0.4, -0.2) is 5.11 Å². The van der Waals surface area contributed by atoms with Gasteiger partial charge in [-0.1, -0.05) is 63.1 Å². The van der Waals surface area contributed by atoms with E-state index in [0.29, 0.717) is 0 Å². The lowest BCUT2D eigenvalue weighted by atomic mass is 9.72. The Labute approximate surface area is 108 Å². The number of aliphatic hydroxyl groups is 1. The molecule has 0 bridgehead atoms. The van der Waals surface area contributed by atoms with Crippen molar-refractivity contribution in [3.63, 3.8) is 0 Å². The molecule has 0 aromatic heterocycles. The molecule has 92 valence electrons. The fraction of sp³-hybridized carbons (Fsp3) is 0.294. The van der Waals surface area contributed by atoms with Crippen LogP contribution in [0.5, 0.6) is 0 Å². The largest absolute Gasteiger partial charge is 0.373 e. The van der Waals surface area contributed by atoms with Gasteiger partial charge < -0.3 is 5.11 Å². The third-order valence-corrected chi connectivity index (χ3v) is 3.46. The van der Waals surface area contributed by atoms with Gasteiger partial charge in [0, 0.05) is 5.41 Å². The Bertz CT molecular complexity index is 613. The Morgan fingerprint density at radius 2 is 1.61 bits per heavy atom. The van der Waals surface area contributed by atoms with Crippen molar-refractivity contribution in [3.05, 3.63) is 48.0 Å². The molecule has 0 saturated heterocycles. The molecule has 0 heterocycles. The molecule has 0 amide bonds. The number of rotatable bonds is 1. The van der Waals surface area contributed by atoms with Crippen LogP contribution in [0.25, 0.3) is 10.8 Å². The summed E-state index contributed by atoms with van der Waals surface area (Å²) in [6.45, 7) is 5.84. The summed E-state index contributed by atoms with van der Waals surface area (Å²) in [5.41, 5.74) is -0.891. The molecule has 1 N–H and O–H groups in total. The lowest BCUT2D eigenvalue weighted by molar-refractivity contribution is -0.00874. The molecule has 2 aromatic carbocycles. The Balaban J connectivity index is 2.64. The van der Waals surface area contributed by atoms with Crippen molar-refractivity contribution in [2.24, 2.45) is 5.41 Å². The molecular weight excluding hydrogens is 220 g/mol. The van der Waals surface area contributed by atoms with E-state index >= 15 is 0 Å². The van der Waals surface area contributed by atoms with E-state index in [9.17, 15) is 5.11 Å². The molecule has 1 atom stereocenters. The second-order valence-electron chi connectivity index (χ2n) is 5.67. The molecule has 1 nitrogen and oxygen atoms in total. The van der Waals surface area contributed by atoms with E-state index in [0.717, 1.165) is 16.3 Å². The van der Waals surface area contributed by atoms with Crippen molar-refractivity contribution >= 4 is 10.8 Å². The second-order valence-corrected chi connectivity index (χ2v) is 5.67. The second kappa shape index (κ2) is 4.15. The Hall–Kier alpha value is -1.78. The average molecular weight is 238 g/mol. The molecular formula is C17H18O. The van der Waals surface area contributed by atoms with Gasteiger partial charge in [0.25, 0.3) is 0 Å². The first-order chi connectivity index (χ1) is 8.38. The highest BCUT2D eigenvalue weighted by Gasteiger charge is 2.40. The van der Waals surface area contributed by atoms with Crippen LogP contribution in [0.2, 0.25) is 0 Å². The third-order valence-electron chi connectivity index (χ3n) is 3.46. The zero-order chi connectivity index (χ0) is 13.4. The van der Waals surface area contributed by atoms with Gasteiger partial charge in [0.05, 0.1) is 0 Å². The van der Waals surface area contributed by atoms with Gasteiger partial charge in [0.1, 0.15) is 0 Å². The van der Waals surface area contributed by atoms with Crippen molar-refractivity contribution in [2.45, 2.75) is 26.4 Å². The highest BCUT2D eigenvalue weighted by Crippen LogP contribution is 2.39. The van der Waals surface area contributed by atoms with Gasteiger partial charge in [-0.3, -0.25) is 0 Å². The van der Waals surface area contributed by atoms with Crippen LogP contribution in [0.15, 0.2) is 42.5 Å². The van der Waals surface area contributed by atoms with Gasteiger partial charge in [0.2, 0.25) is 0 Å².